The van der Waals surface area contributed by atoms with Crippen LogP contribution in [0.1, 0.15) is 12.8 Å². The summed E-state index contributed by atoms with van der Waals surface area (Å²) in [5, 5.41) is 8.44. The van der Waals surface area contributed by atoms with E-state index in [1.54, 1.807) is 0 Å². The average molecular weight is 117 g/mol. The second-order valence-corrected chi connectivity index (χ2v) is 2.36. The molecule has 2 atom stereocenters. The highest BCUT2D eigenvalue weighted by Crippen LogP contribution is 2.22. The molecule has 1 nitrogen and oxygen atoms in total. The zero-order chi connectivity index (χ0) is 6.69. The average Bonchev–Trinajstić information content (AvgIpc) is 1.90. The van der Waals surface area contributed by atoms with Crippen LogP contribution in [0.25, 0.3) is 0 Å². The van der Waals surface area contributed by atoms with Crippen molar-refractivity contribution in [1.82, 2.24) is 0 Å². The van der Waals surface area contributed by atoms with Crippen molar-refractivity contribution in [1.29, 1.82) is 5.26 Å². The highest BCUT2D eigenvalue weighted by Gasteiger charge is 2.09. The van der Waals surface area contributed by atoms with Gasteiger partial charge >= 0.3 is 0 Å². The number of hydrogen-bond acceptors (Lipinski definition) is 1. The Balaban J connectivity index is 2.50. The SMILES string of the molecule is [B][C@H]1C=C[C@@H](C#N)CC1. The molecule has 0 saturated heterocycles. The van der Waals surface area contributed by atoms with Crippen LogP contribution < -0.4 is 0 Å². The van der Waals surface area contributed by atoms with Gasteiger partial charge < -0.3 is 0 Å². The molecule has 1 rings (SSSR count). The molecule has 0 N–H and O–H groups in total. The first kappa shape index (κ1) is 6.42. The summed E-state index contributed by atoms with van der Waals surface area (Å²) < 4.78 is 0. The zero-order valence-corrected chi connectivity index (χ0v) is 5.25. The van der Waals surface area contributed by atoms with Gasteiger partial charge in [0.1, 0.15) is 0 Å². The molecule has 0 saturated carbocycles. The van der Waals surface area contributed by atoms with Gasteiger partial charge in [0.25, 0.3) is 0 Å². The van der Waals surface area contributed by atoms with Gasteiger partial charge in [0, 0.05) is 0 Å². The highest BCUT2D eigenvalue weighted by atomic mass is 14.3. The maximum absolute atomic E-state index is 8.44. The predicted molar refractivity (Wildman–Crippen MR) is 37.0 cm³/mol. The van der Waals surface area contributed by atoms with Crippen LogP contribution in [0.2, 0.25) is 5.82 Å². The van der Waals surface area contributed by atoms with Gasteiger partial charge in [-0.05, 0) is 6.42 Å². The van der Waals surface area contributed by atoms with Crippen molar-refractivity contribution in [2.75, 3.05) is 0 Å². The molecule has 2 heteroatoms. The summed E-state index contributed by atoms with van der Waals surface area (Å²) in [6.45, 7) is 0. The first-order valence-corrected chi connectivity index (χ1v) is 3.16. The lowest BCUT2D eigenvalue weighted by Gasteiger charge is -2.13. The molecule has 0 aromatic rings. The van der Waals surface area contributed by atoms with E-state index in [1.807, 2.05) is 12.2 Å². The van der Waals surface area contributed by atoms with Gasteiger partial charge in [-0.3, -0.25) is 0 Å². The zero-order valence-electron chi connectivity index (χ0n) is 5.25. The van der Waals surface area contributed by atoms with Gasteiger partial charge in [0.05, 0.1) is 19.8 Å². The van der Waals surface area contributed by atoms with Crippen LogP contribution in [-0.4, -0.2) is 7.85 Å². The Kier molecular flexibility index (Phi) is 1.94. The fourth-order valence-corrected chi connectivity index (χ4v) is 0.949. The standard InChI is InChI=1S/C7H8BN/c8-7-3-1-6(5-9)2-4-7/h1,3,6-7H,2,4H2/t6-,7+/m1/s1. The van der Waals surface area contributed by atoms with Gasteiger partial charge in [-0.15, -0.1) is 0 Å². The van der Waals surface area contributed by atoms with Gasteiger partial charge in [-0.25, -0.2) is 0 Å². The van der Waals surface area contributed by atoms with Crippen LogP contribution in [0.3, 0.4) is 0 Å². The number of rotatable bonds is 0. The van der Waals surface area contributed by atoms with Crippen LogP contribution in [0, 0.1) is 17.2 Å². The first-order valence-electron chi connectivity index (χ1n) is 3.16. The van der Waals surface area contributed by atoms with Gasteiger partial charge in [-0.1, -0.05) is 24.4 Å². The van der Waals surface area contributed by atoms with Crippen LogP contribution >= 0.6 is 0 Å². The molecule has 2 radical (unpaired) electrons. The Morgan fingerprint density at radius 3 is 2.67 bits per heavy atom. The predicted octanol–water partition coefficient (Wildman–Crippen LogP) is 1.43. The lowest BCUT2D eigenvalue weighted by Crippen LogP contribution is -2.02. The summed E-state index contributed by atoms with van der Waals surface area (Å²) in [6, 6.07) is 2.18. The second kappa shape index (κ2) is 2.73. The molecule has 0 unspecified atom stereocenters. The molecule has 1 aliphatic carbocycles. The van der Waals surface area contributed by atoms with Crippen molar-refractivity contribution in [3.63, 3.8) is 0 Å². The molecule has 0 heterocycles. The number of hydrogen-bond donors (Lipinski definition) is 0. The summed E-state index contributed by atoms with van der Waals surface area (Å²) >= 11 is 0. The van der Waals surface area contributed by atoms with Crippen molar-refractivity contribution in [3.8, 4) is 6.07 Å². The molecule has 0 bridgehead atoms. The quantitative estimate of drug-likeness (QED) is 0.347. The molecule has 0 aliphatic heterocycles. The fourth-order valence-electron chi connectivity index (χ4n) is 0.949. The summed E-state index contributed by atoms with van der Waals surface area (Å²) in [4.78, 5) is 0. The normalized spacial score (nSPS) is 33.7. The van der Waals surface area contributed by atoms with Crippen molar-refractivity contribution in [2.45, 2.75) is 18.7 Å². The molecule has 0 aromatic carbocycles. The maximum Gasteiger partial charge on any atom is 0.0755 e. The topological polar surface area (TPSA) is 23.8 Å². The molecular formula is C7H8BN. The number of nitriles is 1. The van der Waals surface area contributed by atoms with E-state index in [0.29, 0.717) is 0 Å². The first-order chi connectivity index (χ1) is 4.33. The molecule has 0 spiro atoms. The third-order valence-corrected chi connectivity index (χ3v) is 1.57. The van der Waals surface area contributed by atoms with E-state index in [1.165, 1.54) is 0 Å². The molecule has 1 aliphatic rings. The van der Waals surface area contributed by atoms with E-state index < -0.39 is 0 Å². The van der Waals surface area contributed by atoms with E-state index in [2.05, 4.69) is 6.07 Å². The Bertz CT molecular complexity index is 157. The van der Waals surface area contributed by atoms with E-state index in [0.717, 1.165) is 12.8 Å². The number of allylic oxidation sites excluding steroid dienone is 2. The smallest absolute Gasteiger partial charge is 0.0755 e. The van der Waals surface area contributed by atoms with E-state index in [9.17, 15) is 0 Å². The third-order valence-electron chi connectivity index (χ3n) is 1.57. The minimum Gasteiger partial charge on any atom is -0.198 e. The van der Waals surface area contributed by atoms with E-state index in [-0.39, 0.29) is 11.7 Å². The summed E-state index contributed by atoms with van der Waals surface area (Å²) in [7, 11) is 5.56. The third kappa shape index (κ3) is 1.60. The monoisotopic (exact) mass is 117 g/mol. The molecule has 0 fully saturated rings. The van der Waals surface area contributed by atoms with Crippen molar-refractivity contribution >= 4 is 7.85 Å². The molecular weight excluding hydrogens is 109 g/mol. The van der Waals surface area contributed by atoms with Crippen molar-refractivity contribution in [2.24, 2.45) is 5.92 Å². The van der Waals surface area contributed by atoms with Crippen molar-refractivity contribution in [3.05, 3.63) is 12.2 Å². The van der Waals surface area contributed by atoms with Gasteiger partial charge in [0.2, 0.25) is 0 Å². The summed E-state index contributed by atoms with van der Waals surface area (Å²) in [6.07, 6.45) is 5.69. The Morgan fingerprint density at radius 1 is 1.44 bits per heavy atom. The van der Waals surface area contributed by atoms with Gasteiger partial charge in [-0.2, -0.15) is 5.26 Å². The minimum absolute atomic E-state index is 0.116. The summed E-state index contributed by atoms with van der Waals surface area (Å²) in [5.74, 6) is 0.305. The number of nitrogens with zero attached hydrogens (tertiary/aromatic N) is 1. The lowest BCUT2D eigenvalue weighted by molar-refractivity contribution is 0.639. The molecule has 9 heavy (non-hydrogen) atoms. The maximum atomic E-state index is 8.44. The largest absolute Gasteiger partial charge is 0.198 e. The van der Waals surface area contributed by atoms with Crippen LogP contribution in [-0.2, 0) is 0 Å². The summed E-state index contributed by atoms with van der Waals surface area (Å²) in [5.41, 5.74) is 0. The Hall–Kier alpha value is -0.705. The minimum atomic E-state index is 0.116. The van der Waals surface area contributed by atoms with E-state index >= 15 is 0 Å². The fraction of sp³-hybridized carbons (Fsp3) is 0.571. The molecule has 0 aromatic heterocycles. The van der Waals surface area contributed by atoms with E-state index in [4.69, 9.17) is 13.1 Å². The second-order valence-electron chi connectivity index (χ2n) is 2.36. The van der Waals surface area contributed by atoms with Gasteiger partial charge in [0.15, 0.2) is 0 Å². The van der Waals surface area contributed by atoms with Crippen LogP contribution in [0.15, 0.2) is 12.2 Å². The Morgan fingerprint density at radius 2 is 2.22 bits per heavy atom. The highest BCUT2D eigenvalue weighted by molar-refractivity contribution is 6.12. The van der Waals surface area contributed by atoms with Crippen molar-refractivity contribution < 1.29 is 0 Å². The molecule has 44 valence electrons. The Labute approximate surface area is 56.8 Å². The van der Waals surface area contributed by atoms with Crippen LogP contribution in [0.4, 0.5) is 0 Å². The molecule has 0 amide bonds. The lowest BCUT2D eigenvalue weighted by atomic mass is 9.77. The van der Waals surface area contributed by atoms with Crippen LogP contribution in [0.5, 0.6) is 0 Å².